The number of carbonyl (C=O) groups excluding carboxylic acids is 1. The van der Waals surface area contributed by atoms with Crippen molar-refractivity contribution in [1.82, 2.24) is 9.97 Å². The van der Waals surface area contributed by atoms with Gasteiger partial charge < -0.3 is 15.8 Å². The molecule has 2 aromatic heterocycles. The Bertz CT molecular complexity index is 1240. The summed E-state index contributed by atoms with van der Waals surface area (Å²) in [6.45, 7) is 0. The number of carbonyl (C=O) groups is 1. The molecule has 1 aliphatic rings. The third-order valence-corrected chi connectivity index (χ3v) is 6.04. The molecule has 1 amide bonds. The van der Waals surface area contributed by atoms with Crippen molar-refractivity contribution in [3.63, 3.8) is 0 Å². The van der Waals surface area contributed by atoms with Crippen molar-refractivity contribution in [1.29, 1.82) is 0 Å². The highest BCUT2D eigenvalue weighted by Gasteiger charge is 2.29. The molecule has 31 heavy (non-hydrogen) atoms. The highest BCUT2D eigenvalue weighted by molar-refractivity contribution is 7.14. The lowest BCUT2D eigenvalue weighted by atomic mass is 10.2. The van der Waals surface area contributed by atoms with Gasteiger partial charge in [-0.1, -0.05) is 47.7 Å². The van der Waals surface area contributed by atoms with Crippen LogP contribution in [0.4, 0.5) is 11.5 Å². The van der Waals surface area contributed by atoms with Gasteiger partial charge in [0.15, 0.2) is 0 Å². The maximum atomic E-state index is 11.4. The van der Waals surface area contributed by atoms with E-state index in [0.29, 0.717) is 23.0 Å². The van der Waals surface area contributed by atoms with Crippen molar-refractivity contribution in [3.8, 4) is 22.1 Å². The molecule has 0 bridgehead atoms. The molecule has 0 saturated heterocycles. The maximum absolute atomic E-state index is 11.4. The second-order valence-corrected chi connectivity index (χ2v) is 8.37. The highest BCUT2D eigenvalue weighted by Crippen LogP contribution is 2.48. The van der Waals surface area contributed by atoms with Crippen LogP contribution in [0.5, 0.6) is 10.8 Å². The lowest BCUT2D eigenvalue weighted by Crippen LogP contribution is -2.10. The Hall–Kier alpha value is -3.71. The molecule has 0 aliphatic heterocycles. The van der Waals surface area contributed by atoms with E-state index in [2.05, 4.69) is 10.3 Å². The van der Waals surface area contributed by atoms with Gasteiger partial charge in [0.1, 0.15) is 22.3 Å². The number of rotatable bonds is 7. The summed E-state index contributed by atoms with van der Waals surface area (Å²) in [5, 5.41) is 5.10. The van der Waals surface area contributed by atoms with Gasteiger partial charge in [-0.25, -0.2) is 9.97 Å². The first-order valence-corrected chi connectivity index (χ1v) is 10.8. The molecule has 3 N–H and O–H groups in total. The predicted octanol–water partition coefficient (Wildman–Crippen LogP) is 5.72. The summed E-state index contributed by atoms with van der Waals surface area (Å²) in [6.07, 6.45) is 4.06. The number of thiazole rings is 1. The summed E-state index contributed by atoms with van der Waals surface area (Å²) in [6, 6.07) is 20.7. The molecule has 6 nitrogen and oxygen atoms in total. The smallest absolute Gasteiger partial charge is 0.248 e. The number of amides is 1. The number of nitrogens with zero attached hydrogens (tertiary/aromatic N) is 2. The molecule has 154 valence electrons. The van der Waals surface area contributed by atoms with Crippen molar-refractivity contribution < 1.29 is 9.53 Å². The zero-order valence-electron chi connectivity index (χ0n) is 16.6. The molecular formula is C24H20N4O2S. The predicted molar refractivity (Wildman–Crippen MR) is 122 cm³/mol. The van der Waals surface area contributed by atoms with E-state index in [1.54, 1.807) is 35.7 Å². The third-order valence-electron chi connectivity index (χ3n) is 4.95. The van der Waals surface area contributed by atoms with Crippen LogP contribution in [0.1, 0.15) is 34.1 Å². The molecule has 1 fully saturated rings. The minimum Gasteiger partial charge on any atom is -0.444 e. The molecule has 0 atom stereocenters. The Kier molecular flexibility index (Phi) is 5.09. The summed E-state index contributed by atoms with van der Waals surface area (Å²) in [5.41, 5.74) is 8.43. The number of hydrogen-bond donors (Lipinski definition) is 2. The molecule has 0 spiro atoms. The van der Waals surface area contributed by atoms with Crippen LogP contribution in [0, 0.1) is 0 Å². The summed E-state index contributed by atoms with van der Waals surface area (Å²) < 4.78 is 6.26. The van der Waals surface area contributed by atoms with Gasteiger partial charge in [-0.2, -0.15) is 0 Å². The van der Waals surface area contributed by atoms with E-state index in [0.717, 1.165) is 27.0 Å². The number of ether oxygens (including phenoxy) is 1. The summed E-state index contributed by atoms with van der Waals surface area (Å²) in [4.78, 5) is 20.6. The van der Waals surface area contributed by atoms with Crippen LogP contribution in [-0.2, 0) is 0 Å². The molecule has 0 unspecified atom stereocenters. The fourth-order valence-electron chi connectivity index (χ4n) is 3.22. The van der Waals surface area contributed by atoms with E-state index in [1.807, 2.05) is 48.5 Å². The number of hydrogen-bond acceptors (Lipinski definition) is 6. The molecule has 5 rings (SSSR count). The Balaban J connectivity index is 1.41. The average molecular weight is 429 g/mol. The van der Waals surface area contributed by atoms with Crippen LogP contribution in [-0.4, -0.2) is 15.9 Å². The first-order chi connectivity index (χ1) is 15.2. The van der Waals surface area contributed by atoms with Gasteiger partial charge in [0.25, 0.3) is 0 Å². The Morgan fingerprint density at radius 1 is 1.06 bits per heavy atom. The largest absolute Gasteiger partial charge is 0.444 e. The Labute approximate surface area is 183 Å². The fourth-order valence-corrected chi connectivity index (χ4v) is 4.35. The average Bonchev–Trinajstić information content (AvgIpc) is 3.55. The normalized spacial score (nSPS) is 13.0. The number of nitrogens with two attached hydrogens (primary N) is 1. The second kappa shape index (κ2) is 8.20. The minimum atomic E-state index is -0.473. The van der Waals surface area contributed by atoms with E-state index in [1.165, 1.54) is 12.8 Å². The zero-order chi connectivity index (χ0) is 21.2. The second-order valence-electron chi connectivity index (χ2n) is 7.38. The topological polar surface area (TPSA) is 90.1 Å². The van der Waals surface area contributed by atoms with Crippen molar-refractivity contribution in [2.24, 2.45) is 5.73 Å². The SMILES string of the molecule is NC(=O)c1cccc(Nc2cc(Oc3sc(C4CC4)nc3-c3ccccc3)ccn2)c1. The van der Waals surface area contributed by atoms with E-state index in [-0.39, 0.29) is 0 Å². The van der Waals surface area contributed by atoms with Crippen molar-refractivity contribution in [2.45, 2.75) is 18.8 Å². The Morgan fingerprint density at radius 3 is 2.68 bits per heavy atom. The maximum Gasteiger partial charge on any atom is 0.248 e. The minimum absolute atomic E-state index is 0.433. The molecule has 1 saturated carbocycles. The van der Waals surface area contributed by atoms with Crippen LogP contribution in [0.15, 0.2) is 72.9 Å². The van der Waals surface area contributed by atoms with E-state index >= 15 is 0 Å². The van der Waals surface area contributed by atoms with Gasteiger partial charge in [-0.3, -0.25) is 4.79 Å². The first-order valence-electron chi connectivity index (χ1n) is 10.0. The fraction of sp³-hybridized carbons (Fsp3) is 0.125. The number of aromatic nitrogens is 2. The monoisotopic (exact) mass is 428 g/mol. The Morgan fingerprint density at radius 2 is 1.90 bits per heavy atom. The molecule has 7 heteroatoms. The first kappa shape index (κ1) is 19.3. The number of pyridine rings is 1. The van der Waals surface area contributed by atoms with Gasteiger partial charge >= 0.3 is 0 Å². The van der Waals surface area contributed by atoms with Crippen LogP contribution < -0.4 is 15.8 Å². The summed E-state index contributed by atoms with van der Waals surface area (Å²) >= 11 is 1.61. The summed E-state index contributed by atoms with van der Waals surface area (Å²) in [7, 11) is 0. The van der Waals surface area contributed by atoms with Crippen LogP contribution in [0.2, 0.25) is 0 Å². The van der Waals surface area contributed by atoms with Gasteiger partial charge in [0.05, 0.1) is 0 Å². The number of primary amides is 1. The zero-order valence-corrected chi connectivity index (χ0v) is 17.4. The number of anilines is 2. The summed E-state index contributed by atoms with van der Waals surface area (Å²) in [5.74, 6) is 1.34. The van der Waals surface area contributed by atoms with E-state index in [4.69, 9.17) is 15.5 Å². The molecule has 2 aromatic carbocycles. The highest BCUT2D eigenvalue weighted by atomic mass is 32.1. The molecule has 2 heterocycles. The number of benzene rings is 2. The van der Waals surface area contributed by atoms with E-state index < -0.39 is 5.91 Å². The molecule has 1 aliphatic carbocycles. The number of nitrogens with one attached hydrogen (secondary N) is 1. The standard InChI is InChI=1S/C24H20N4O2S/c25-22(29)17-7-4-8-18(13-17)27-20-14-19(11-12-26-20)30-24-21(15-5-2-1-3-6-15)28-23(31-24)16-9-10-16/h1-8,11-14,16H,9-10H2,(H2,25,29)(H,26,27). The van der Waals surface area contributed by atoms with Crippen LogP contribution in [0.25, 0.3) is 11.3 Å². The lowest BCUT2D eigenvalue weighted by molar-refractivity contribution is 0.100. The van der Waals surface area contributed by atoms with Crippen LogP contribution >= 0.6 is 11.3 Å². The molecule has 0 radical (unpaired) electrons. The van der Waals surface area contributed by atoms with Gasteiger partial charge in [-0.05, 0) is 37.1 Å². The van der Waals surface area contributed by atoms with E-state index in [9.17, 15) is 4.79 Å². The van der Waals surface area contributed by atoms with Gasteiger partial charge in [0.2, 0.25) is 11.0 Å². The molecular weight excluding hydrogens is 408 g/mol. The van der Waals surface area contributed by atoms with Crippen molar-refractivity contribution in [2.75, 3.05) is 5.32 Å². The molecule has 4 aromatic rings. The lowest BCUT2D eigenvalue weighted by Gasteiger charge is -2.09. The van der Waals surface area contributed by atoms with Crippen molar-refractivity contribution in [3.05, 3.63) is 83.5 Å². The quantitative estimate of drug-likeness (QED) is 0.393. The third kappa shape index (κ3) is 4.41. The van der Waals surface area contributed by atoms with Crippen LogP contribution in [0.3, 0.4) is 0 Å². The van der Waals surface area contributed by atoms with Gasteiger partial charge in [-0.15, -0.1) is 0 Å². The van der Waals surface area contributed by atoms with Crippen molar-refractivity contribution >= 4 is 28.7 Å². The van der Waals surface area contributed by atoms with Gasteiger partial charge in [0, 0.05) is 35.0 Å².